The van der Waals surface area contributed by atoms with Crippen molar-refractivity contribution in [1.82, 2.24) is 5.32 Å². The maximum absolute atomic E-state index is 5.92. The Morgan fingerprint density at radius 3 is 2.48 bits per heavy atom. The Hall–Kier alpha value is -1.22. The van der Waals surface area contributed by atoms with Crippen molar-refractivity contribution in [3.63, 3.8) is 0 Å². The highest BCUT2D eigenvalue weighted by atomic mass is 16.5. The molecule has 2 unspecified atom stereocenters. The molecule has 0 spiro atoms. The fourth-order valence-electron chi connectivity index (χ4n) is 2.66. The van der Waals surface area contributed by atoms with Crippen LogP contribution >= 0.6 is 0 Å². The van der Waals surface area contributed by atoms with E-state index >= 15 is 0 Å². The van der Waals surface area contributed by atoms with Gasteiger partial charge in [0.2, 0.25) is 0 Å². The van der Waals surface area contributed by atoms with Crippen molar-refractivity contribution in [3.8, 4) is 11.5 Å². The van der Waals surface area contributed by atoms with Gasteiger partial charge in [0.15, 0.2) is 11.5 Å². The maximum atomic E-state index is 5.92. The number of nitrogens with one attached hydrogen (secondary N) is 1. The molecule has 0 bridgehead atoms. The minimum Gasteiger partial charge on any atom is -0.489 e. The average Bonchev–Trinajstić information content (AvgIpc) is 2.60. The predicted octanol–water partition coefficient (Wildman–Crippen LogP) is 4.18. The molecule has 3 nitrogen and oxygen atoms in total. The molecule has 1 aliphatic rings. The van der Waals surface area contributed by atoms with E-state index in [0.717, 1.165) is 37.7 Å². The zero-order chi connectivity index (χ0) is 15.5. The van der Waals surface area contributed by atoms with E-state index in [2.05, 4.69) is 58.1 Å². The quantitative estimate of drug-likeness (QED) is 0.902. The molecule has 0 saturated carbocycles. The Balaban J connectivity index is 2.26. The third-order valence-corrected chi connectivity index (χ3v) is 3.81. The van der Waals surface area contributed by atoms with E-state index in [1.165, 1.54) is 5.56 Å². The summed E-state index contributed by atoms with van der Waals surface area (Å²) >= 11 is 0. The average molecular weight is 291 g/mol. The monoisotopic (exact) mass is 291 g/mol. The normalized spacial score (nSPS) is 20.0. The summed E-state index contributed by atoms with van der Waals surface area (Å²) in [5.41, 5.74) is 1.43. The first-order valence-corrected chi connectivity index (χ1v) is 8.04. The van der Waals surface area contributed by atoms with Crippen molar-refractivity contribution in [1.29, 1.82) is 0 Å². The molecule has 118 valence electrons. The fourth-order valence-corrected chi connectivity index (χ4v) is 2.66. The molecule has 2 rings (SSSR count). The van der Waals surface area contributed by atoms with Gasteiger partial charge in [-0.2, -0.15) is 0 Å². The number of ether oxygens (including phenoxy) is 2. The summed E-state index contributed by atoms with van der Waals surface area (Å²) in [6.07, 6.45) is 1.13. The Labute approximate surface area is 129 Å². The van der Waals surface area contributed by atoms with Crippen LogP contribution in [0.25, 0.3) is 0 Å². The van der Waals surface area contributed by atoms with Gasteiger partial charge < -0.3 is 14.8 Å². The number of rotatable bonds is 4. The summed E-state index contributed by atoms with van der Waals surface area (Å²) in [5, 5.41) is 3.66. The van der Waals surface area contributed by atoms with Crippen LogP contribution in [0.3, 0.4) is 0 Å². The lowest BCUT2D eigenvalue weighted by molar-refractivity contribution is 0.228. The molecule has 1 aromatic carbocycles. The minimum absolute atomic E-state index is 0.155. The molecule has 0 aromatic heterocycles. The summed E-state index contributed by atoms with van der Waals surface area (Å²) in [6.45, 7) is 13.6. The lowest BCUT2D eigenvalue weighted by atomic mass is 9.82. The van der Waals surface area contributed by atoms with E-state index in [1.54, 1.807) is 0 Å². The van der Waals surface area contributed by atoms with E-state index in [0.29, 0.717) is 12.0 Å². The van der Waals surface area contributed by atoms with Crippen LogP contribution in [0, 0.1) is 11.3 Å². The van der Waals surface area contributed by atoms with Gasteiger partial charge in [0.05, 0.1) is 13.2 Å². The van der Waals surface area contributed by atoms with Gasteiger partial charge in [-0.1, -0.05) is 40.7 Å². The van der Waals surface area contributed by atoms with Crippen LogP contribution in [0.5, 0.6) is 11.5 Å². The molecule has 0 saturated heterocycles. The Morgan fingerprint density at radius 2 is 1.86 bits per heavy atom. The van der Waals surface area contributed by atoms with Crippen molar-refractivity contribution >= 4 is 0 Å². The molecule has 0 aliphatic carbocycles. The van der Waals surface area contributed by atoms with Gasteiger partial charge in [-0.3, -0.25) is 0 Å². The van der Waals surface area contributed by atoms with Crippen LogP contribution in [0.2, 0.25) is 0 Å². The zero-order valence-electron chi connectivity index (χ0n) is 14.0. The van der Waals surface area contributed by atoms with Gasteiger partial charge in [-0.15, -0.1) is 0 Å². The van der Waals surface area contributed by atoms with Crippen LogP contribution in [-0.4, -0.2) is 19.8 Å². The van der Waals surface area contributed by atoms with E-state index in [1.807, 2.05) is 0 Å². The molecule has 21 heavy (non-hydrogen) atoms. The summed E-state index contributed by atoms with van der Waals surface area (Å²) < 4.78 is 11.7. The van der Waals surface area contributed by atoms with Gasteiger partial charge in [0.1, 0.15) is 0 Å². The summed E-state index contributed by atoms with van der Waals surface area (Å²) in [4.78, 5) is 0. The Bertz CT molecular complexity index is 465. The second-order valence-corrected chi connectivity index (χ2v) is 7.19. The van der Waals surface area contributed by atoms with E-state index in [4.69, 9.17) is 9.47 Å². The molecular weight excluding hydrogens is 262 g/mol. The molecule has 0 amide bonds. The summed E-state index contributed by atoms with van der Waals surface area (Å²) in [6, 6.07) is 6.67. The maximum Gasteiger partial charge on any atom is 0.161 e. The van der Waals surface area contributed by atoms with Crippen molar-refractivity contribution in [2.24, 2.45) is 11.3 Å². The Kier molecular flexibility index (Phi) is 5.15. The first-order valence-electron chi connectivity index (χ1n) is 8.04. The SMILES string of the molecule is CCCNC(c1ccc2c(c1)OCC(C)CO2)C(C)(C)C. The molecule has 0 fully saturated rings. The molecular formula is C18H29NO2. The molecule has 1 aliphatic heterocycles. The van der Waals surface area contributed by atoms with Crippen molar-refractivity contribution in [2.75, 3.05) is 19.8 Å². The molecule has 3 heteroatoms. The highest BCUT2D eigenvalue weighted by molar-refractivity contribution is 5.44. The van der Waals surface area contributed by atoms with Gasteiger partial charge >= 0.3 is 0 Å². The Morgan fingerprint density at radius 1 is 1.19 bits per heavy atom. The number of hydrogen-bond acceptors (Lipinski definition) is 3. The standard InChI is InChI=1S/C18H29NO2/c1-6-9-19-17(18(3,4)5)14-7-8-15-16(10-14)21-12-13(2)11-20-15/h7-8,10,13,17,19H,6,9,11-12H2,1-5H3. The third-order valence-electron chi connectivity index (χ3n) is 3.81. The number of benzene rings is 1. The summed E-state index contributed by atoms with van der Waals surface area (Å²) in [5.74, 6) is 2.17. The van der Waals surface area contributed by atoms with Gasteiger partial charge in [-0.05, 0) is 36.1 Å². The highest BCUT2D eigenvalue weighted by Gasteiger charge is 2.27. The first-order chi connectivity index (χ1) is 9.91. The summed E-state index contributed by atoms with van der Waals surface area (Å²) in [7, 11) is 0. The van der Waals surface area contributed by atoms with E-state index in [9.17, 15) is 0 Å². The van der Waals surface area contributed by atoms with Crippen LogP contribution in [0.15, 0.2) is 18.2 Å². The van der Waals surface area contributed by atoms with Gasteiger partial charge in [-0.25, -0.2) is 0 Å². The van der Waals surface area contributed by atoms with E-state index < -0.39 is 0 Å². The highest BCUT2D eigenvalue weighted by Crippen LogP contribution is 2.38. The van der Waals surface area contributed by atoms with Crippen LogP contribution in [0.4, 0.5) is 0 Å². The van der Waals surface area contributed by atoms with Crippen LogP contribution in [-0.2, 0) is 0 Å². The van der Waals surface area contributed by atoms with Gasteiger partial charge in [0, 0.05) is 12.0 Å². The molecule has 0 radical (unpaired) electrons. The fraction of sp³-hybridized carbons (Fsp3) is 0.667. The largest absolute Gasteiger partial charge is 0.489 e. The molecule has 1 heterocycles. The minimum atomic E-state index is 0.155. The molecule has 1 N–H and O–H groups in total. The second kappa shape index (κ2) is 6.69. The third kappa shape index (κ3) is 4.13. The number of hydrogen-bond donors (Lipinski definition) is 1. The lowest BCUT2D eigenvalue weighted by Crippen LogP contribution is -2.32. The molecule has 2 atom stereocenters. The topological polar surface area (TPSA) is 30.5 Å². The predicted molar refractivity (Wildman–Crippen MR) is 87.1 cm³/mol. The second-order valence-electron chi connectivity index (χ2n) is 7.19. The molecule has 1 aromatic rings. The lowest BCUT2D eigenvalue weighted by Gasteiger charge is -2.32. The number of fused-ring (bicyclic) bond motifs is 1. The van der Waals surface area contributed by atoms with Crippen molar-refractivity contribution in [3.05, 3.63) is 23.8 Å². The first kappa shape index (κ1) is 16.2. The zero-order valence-corrected chi connectivity index (χ0v) is 14.0. The van der Waals surface area contributed by atoms with Crippen molar-refractivity contribution in [2.45, 2.75) is 47.1 Å². The van der Waals surface area contributed by atoms with E-state index in [-0.39, 0.29) is 5.41 Å². The smallest absolute Gasteiger partial charge is 0.161 e. The van der Waals surface area contributed by atoms with Crippen LogP contribution < -0.4 is 14.8 Å². The van der Waals surface area contributed by atoms with Crippen LogP contribution in [0.1, 0.15) is 52.6 Å². The van der Waals surface area contributed by atoms with Crippen molar-refractivity contribution < 1.29 is 9.47 Å². The van der Waals surface area contributed by atoms with Gasteiger partial charge in [0.25, 0.3) is 0 Å².